The van der Waals surface area contributed by atoms with Crippen molar-refractivity contribution in [2.45, 2.75) is 46.8 Å². The summed E-state index contributed by atoms with van der Waals surface area (Å²) in [5.74, 6) is 0.881. The summed E-state index contributed by atoms with van der Waals surface area (Å²) in [5.41, 5.74) is 2.19. The second kappa shape index (κ2) is 11.0. The number of hydrogen-bond donors (Lipinski definition) is 0. The second-order valence-electron chi connectivity index (χ2n) is 8.51. The largest absolute Gasteiger partial charge is 0.494 e. The predicted octanol–water partition coefficient (Wildman–Crippen LogP) is 3.98. The first kappa shape index (κ1) is 25.4. The van der Waals surface area contributed by atoms with E-state index in [9.17, 15) is 9.59 Å². The molecule has 0 amide bonds. The minimum absolute atomic E-state index is 0.0854. The van der Waals surface area contributed by atoms with Crippen molar-refractivity contribution in [1.29, 1.82) is 0 Å². The number of para-hydroxylation sites is 1. The average molecular weight is 507 g/mol. The first-order valence-corrected chi connectivity index (χ1v) is 12.8. The molecule has 1 aliphatic rings. The van der Waals surface area contributed by atoms with Crippen LogP contribution in [0.5, 0.6) is 11.5 Å². The minimum Gasteiger partial charge on any atom is -0.494 e. The zero-order valence-corrected chi connectivity index (χ0v) is 21.9. The van der Waals surface area contributed by atoms with Crippen LogP contribution in [0.25, 0.3) is 6.08 Å². The topological polar surface area (TPSA) is 79.1 Å². The van der Waals surface area contributed by atoms with Gasteiger partial charge in [0.2, 0.25) is 0 Å². The zero-order chi connectivity index (χ0) is 25.8. The standard InChI is InChI=1S/C28H30N2O5S/c1-6-33-20-14-12-19(13-15-20)16-23-26(31)30-25(21-10-8-9-11-22(21)35-17(3)4)24(27(32)34-7-2)18(5)29-28(30)36-23/h8-17,25H,6-7H2,1-5H3/b23-16-/t25-/m1/s1. The van der Waals surface area contributed by atoms with Crippen molar-refractivity contribution in [2.75, 3.05) is 13.2 Å². The number of nitrogens with zero attached hydrogens (tertiary/aromatic N) is 2. The molecular weight excluding hydrogens is 476 g/mol. The Labute approximate surface area is 214 Å². The van der Waals surface area contributed by atoms with Crippen molar-refractivity contribution in [1.82, 2.24) is 4.57 Å². The fraction of sp³-hybridized carbons (Fsp3) is 0.321. The van der Waals surface area contributed by atoms with Crippen LogP contribution in [-0.4, -0.2) is 29.9 Å². The quantitative estimate of drug-likeness (QED) is 0.432. The van der Waals surface area contributed by atoms with E-state index in [-0.39, 0.29) is 18.3 Å². The summed E-state index contributed by atoms with van der Waals surface area (Å²) < 4.78 is 19.1. The van der Waals surface area contributed by atoms with Gasteiger partial charge in [0, 0.05) is 5.56 Å². The lowest BCUT2D eigenvalue weighted by Crippen LogP contribution is -2.40. The van der Waals surface area contributed by atoms with E-state index in [1.54, 1.807) is 18.4 Å². The molecule has 0 fully saturated rings. The Balaban J connectivity index is 1.92. The lowest BCUT2D eigenvalue weighted by atomic mass is 9.95. The van der Waals surface area contributed by atoms with Gasteiger partial charge >= 0.3 is 5.97 Å². The molecule has 7 nitrogen and oxygen atoms in total. The summed E-state index contributed by atoms with van der Waals surface area (Å²) in [6.45, 7) is 10.1. The number of hydrogen-bond acceptors (Lipinski definition) is 7. The Morgan fingerprint density at radius 2 is 1.83 bits per heavy atom. The Morgan fingerprint density at radius 1 is 1.11 bits per heavy atom. The predicted molar refractivity (Wildman–Crippen MR) is 140 cm³/mol. The van der Waals surface area contributed by atoms with E-state index < -0.39 is 12.0 Å². The van der Waals surface area contributed by atoms with Crippen molar-refractivity contribution in [3.8, 4) is 11.5 Å². The second-order valence-corrected chi connectivity index (χ2v) is 9.52. The summed E-state index contributed by atoms with van der Waals surface area (Å²) in [7, 11) is 0. The Morgan fingerprint density at radius 3 is 2.50 bits per heavy atom. The summed E-state index contributed by atoms with van der Waals surface area (Å²) in [4.78, 5) is 32.1. The molecular formula is C28H30N2O5S. The van der Waals surface area contributed by atoms with Crippen LogP contribution in [0, 0.1) is 0 Å². The van der Waals surface area contributed by atoms with Gasteiger partial charge < -0.3 is 14.2 Å². The third kappa shape index (κ3) is 5.14. The monoisotopic (exact) mass is 506 g/mol. The van der Waals surface area contributed by atoms with Gasteiger partial charge in [-0.25, -0.2) is 9.79 Å². The molecule has 0 unspecified atom stereocenters. The summed E-state index contributed by atoms with van der Waals surface area (Å²) in [6, 6.07) is 14.3. The molecule has 3 aromatic rings. The molecule has 4 rings (SSSR count). The van der Waals surface area contributed by atoms with Gasteiger partial charge in [0.25, 0.3) is 5.56 Å². The van der Waals surface area contributed by atoms with Gasteiger partial charge in [0.05, 0.1) is 35.1 Å². The summed E-state index contributed by atoms with van der Waals surface area (Å²) in [5, 5.41) is 0. The minimum atomic E-state index is -0.724. The molecule has 0 aliphatic carbocycles. The van der Waals surface area contributed by atoms with Crippen LogP contribution in [0.3, 0.4) is 0 Å². The highest BCUT2D eigenvalue weighted by Gasteiger charge is 2.35. The highest BCUT2D eigenvalue weighted by molar-refractivity contribution is 7.07. The van der Waals surface area contributed by atoms with Crippen LogP contribution in [0.2, 0.25) is 0 Å². The van der Waals surface area contributed by atoms with Crippen LogP contribution >= 0.6 is 11.3 Å². The van der Waals surface area contributed by atoms with Crippen molar-refractivity contribution >= 4 is 23.4 Å². The van der Waals surface area contributed by atoms with Gasteiger partial charge in [-0.05, 0) is 64.5 Å². The molecule has 8 heteroatoms. The molecule has 1 atom stereocenters. The summed E-state index contributed by atoms with van der Waals surface area (Å²) in [6.07, 6.45) is 1.74. The van der Waals surface area contributed by atoms with Gasteiger partial charge in [-0.1, -0.05) is 41.7 Å². The van der Waals surface area contributed by atoms with Gasteiger partial charge in [-0.2, -0.15) is 0 Å². The number of benzene rings is 2. The number of esters is 1. The van der Waals surface area contributed by atoms with Crippen molar-refractivity contribution in [3.05, 3.63) is 90.6 Å². The fourth-order valence-corrected chi connectivity index (χ4v) is 5.18. The lowest BCUT2D eigenvalue weighted by molar-refractivity contribution is -0.139. The van der Waals surface area contributed by atoms with E-state index in [4.69, 9.17) is 14.2 Å². The zero-order valence-electron chi connectivity index (χ0n) is 21.1. The highest BCUT2D eigenvalue weighted by Crippen LogP contribution is 2.36. The van der Waals surface area contributed by atoms with E-state index in [2.05, 4.69) is 4.99 Å². The number of fused-ring (bicyclic) bond motifs is 1. The number of aromatic nitrogens is 1. The number of allylic oxidation sites excluding steroid dienone is 1. The van der Waals surface area contributed by atoms with Crippen LogP contribution in [0.1, 0.15) is 51.8 Å². The molecule has 1 aromatic heterocycles. The van der Waals surface area contributed by atoms with Crippen LogP contribution in [0.15, 0.2) is 69.6 Å². The summed E-state index contributed by atoms with van der Waals surface area (Å²) >= 11 is 1.29. The van der Waals surface area contributed by atoms with Gasteiger partial charge in [0.1, 0.15) is 17.5 Å². The van der Waals surface area contributed by atoms with Crippen molar-refractivity contribution in [3.63, 3.8) is 0 Å². The number of carbonyl (C=O) groups is 1. The molecule has 0 bridgehead atoms. The maximum absolute atomic E-state index is 13.8. The Bertz CT molecular complexity index is 1460. The first-order valence-electron chi connectivity index (χ1n) is 12.0. The van der Waals surface area contributed by atoms with E-state index in [1.807, 2.05) is 75.4 Å². The van der Waals surface area contributed by atoms with Gasteiger partial charge in [-0.15, -0.1) is 0 Å². The normalized spacial score (nSPS) is 15.5. The molecule has 0 saturated carbocycles. The third-order valence-electron chi connectivity index (χ3n) is 5.58. The van der Waals surface area contributed by atoms with Crippen LogP contribution < -0.4 is 24.4 Å². The number of ether oxygens (including phenoxy) is 3. The maximum atomic E-state index is 13.8. The third-order valence-corrected chi connectivity index (χ3v) is 6.57. The molecule has 188 valence electrons. The average Bonchev–Trinajstić information content (AvgIpc) is 3.14. The molecule has 36 heavy (non-hydrogen) atoms. The molecule has 1 aliphatic heterocycles. The van der Waals surface area contributed by atoms with E-state index >= 15 is 0 Å². The maximum Gasteiger partial charge on any atom is 0.338 e. The number of thiazole rings is 1. The van der Waals surface area contributed by atoms with Gasteiger partial charge in [-0.3, -0.25) is 9.36 Å². The molecule has 0 spiro atoms. The molecule has 2 heterocycles. The van der Waals surface area contributed by atoms with Crippen LogP contribution in [0.4, 0.5) is 0 Å². The van der Waals surface area contributed by atoms with Crippen molar-refractivity contribution < 1.29 is 19.0 Å². The molecule has 0 saturated heterocycles. The van der Waals surface area contributed by atoms with E-state index in [0.717, 1.165) is 11.3 Å². The Hall–Kier alpha value is -3.65. The van der Waals surface area contributed by atoms with Crippen LogP contribution in [-0.2, 0) is 9.53 Å². The lowest BCUT2D eigenvalue weighted by Gasteiger charge is -2.26. The first-order chi connectivity index (χ1) is 17.3. The van der Waals surface area contributed by atoms with Gasteiger partial charge in [0.15, 0.2) is 4.80 Å². The molecule has 0 radical (unpaired) electrons. The molecule has 2 aromatic carbocycles. The highest BCUT2D eigenvalue weighted by atomic mass is 32.1. The number of rotatable bonds is 8. The Kier molecular flexibility index (Phi) is 7.74. The molecule has 0 N–H and O–H groups in total. The smallest absolute Gasteiger partial charge is 0.338 e. The SMILES string of the molecule is CCOC(=O)C1=C(C)N=c2s/c(=C\c3ccc(OCC)cc3)c(=O)n2[C@@H]1c1ccccc1OC(C)C. The fourth-order valence-electron chi connectivity index (χ4n) is 4.13. The van der Waals surface area contributed by atoms with E-state index in [0.29, 0.717) is 38.5 Å². The van der Waals surface area contributed by atoms with Crippen molar-refractivity contribution in [2.24, 2.45) is 4.99 Å². The van der Waals surface area contributed by atoms with E-state index in [1.165, 1.54) is 11.3 Å². The number of carbonyl (C=O) groups excluding carboxylic acids is 1.